The summed E-state index contributed by atoms with van der Waals surface area (Å²) in [6, 6.07) is 7.50. The van der Waals surface area contributed by atoms with E-state index in [4.69, 9.17) is 4.52 Å². The van der Waals surface area contributed by atoms with Crippen LogP contribution in [-0.2, 0) is 12.8 Å². The molecule has 0 radical (unpaired) electrons. The molecule has 0 spiro atoms. The van der Waals surface area contributed by atoms with Crippen LogP contribution in [0.1, 0.15) is 66.1 Å². The molecular weight excluding hydrogens is 260 g/mol. The van der Waals surface area contributed by atoms with E-state index in [2.05, 4.69) is 42.5 Å². The van der Waals surface area contributed by atoms with Crippen LogP contribution in [-0.4, -0.2) is 5.16 Å². The Morgan fingerprint density at radius 2 is 1.86 bits per heavy atom. The molecule has 2 atom stereocenters. The van der Waals surface area contributed by atoms with Crippen molar-refractivity contribution in [1.29, 1.82) is 0 Å². The lowest BCUT2D eigenvalue weighted by Gasteiger charge is -2.21. The Kier molecular flexibility index (Phi) is 3.85. The fraction of sp³-hybridized carbons (Fsp3) is 0.500. The Morgan fingerprint density at radius 3 is 2.57 bits per heavy atom. The molecule has 3 nitrogen and oxygen atoms in total. The lowest BCUT2D eigenvalue weighted by Crippen LogP contribution is -2.23. The lowest BCUT2D eigenvalue weighted by atomic mass is 10.00. The summed E-state index contributed by atoms with van der Waals surface area (Å²) >= 11 is 0. The third kappa shape index (κ3) is 2.75. The molecule has 1 N–H and O–H groups in total. The van der Waals surface area contributed by atoms with Crippen LogP contribution in [0, 0.1) is 13.8 Å². The van der Waals surface area contributed by atoms with E-state index in [1.807, 2.05) is 13.8 Å². The van der Waals surface area contributed by atoms with E-state index in [0.717, 1.165) is 11.5 Å². The molecular formula is C18H24N2O. The van der Waals surface area contributed by atoms with Gasteiger partial charge in [-0.25, -0.2) is 0 Å². The molecule has 0 fully saturated rings. The first-order valence-corrected chi connectivity index (χ1v) is 7.86. The van der Waals surface area contributed by atoms with Crippen LogP contribution < -0.4 is 5.32 Å². The zero-order valence-corrected chi connectivity index (χ0v) is 13.4. The highest BCUT2D eigenvalue weighted by atomic mass is 16.5. The molecule has 112 valence electrons. The summed E-state index contributed by atoms with van der Waals surface area (Å²) < 4.78 is 5.27. The van der Waals surface area contributed by atoms with Crippen LogP contribution in [0.4, 0.5) is 0 Å². The van der Waals surface area contributed by atoms with Crippen molar-refractivity contribution >= 4 is 0 Å². The van der Waals surface area contributed by atoms with Crippen molar-refractivity contribution < 1.29 is 4.52 Å². The van der Waals surface area contributed by atoms with E-state index < -0.39 is 0 Å². The molecule has 0 aliphatic heterocycles. The SMILES string of the molecule is Cc1noc(C)c1C(C)NC(C)c1ccc2c(c1)CCC2. The first kappa shape index (κ1) is 14.3. The Morgan fingerprint density at radius 1 is 1.10 bits per heavy atom. The van der Waals surface area contributed by atoms with Gasteiger partial charge in [-0.15, -0.1) is 0 Å². The number of rotatable bonds is 4. The molecule has 0 saturated heterocycles. The predicted molar refractivity (Wildman–Crippen MR) is 84.4 cm³/mol. The van der Waals surface area contributed by atoms with Gasteiger partial charge in [0.2, 0.25) is 0 Å². The van der Waals surface area contributed by atoms with Gasteiger partial charge in [-0.1, -0.05) is 23.4 Å². The van der Waals surface area contributed by atoms with Gasteiger partial charge in [0.15, 0.2) is 0 Å². The van der Waals surface area contributed by atoms with Gasteiger partial charge in [-0.05, 0) is 63.6 Å². The fourth-order valence-corrected chi connectivity index (χ4v) is 3.52. The number of nitrogens with zero attached hydrogens (tertiary/aromatic N) is 1. The minimum atomic E-state index is 0.236. The maximum absolute atomic E-state index is 5.27. The smallest absolute Gasteiger partial charge is 0.138 e. The number of aromatic nitrogens is 1. The topological polar surface area (TPSA) is 38.1 Å². The molecule has 21 heavy (non-hydrogen) atoms. The minimum Gasteiger partial charge on any atom is -0.361 e. The van der Waals surface area contributed by atoms with Crippen molar-refractivity contribution in [2.24, 2.45) is 0 Å². The molecule has 2 aromatic rings. The van der Waals surface area contributed by atoms with Crippen molar-refractivity contribution in [3.05, 3.63) is 51.9 Å². The van der Waals surface area contributed by atoms with Gasteiger partial charge in [0.1, 0.15) is 5.76 Å². The quantitative estimate of drug-likeness (QED) is 0.914. The highest BCUT2D eigenvalue weighted by molar-refractivity contribution is 5.36. The Balaban J connectivity index is 1.75. The van der Waals surface area contributed by atoms with Crippen molar-refractivity contribution in [3.8, 4) is 0 Å². The molecule has 2 unspecified atom stereocenters. The second-order valence-electron chi connectivity index (χ2n) is 6.23. The van der Waals surface area contributed by atoms with Crippen molar-refractivity contribution in [1.82, 2.24) is 10.5 Å². The van der Waals surface area contributed by atoms with E-state index in [1.54, 1.807) is 0 Å². The zero-order valence-electron chi connectivity index (χ0n) is 13.4. The summed E-state index contributed by atoms with van der Waals surface area (Å²) in [6.45, 7) is 8.39. The van der Waals surface area contributed by atoms with Crippen molar-refractivity contribution in [2.45, 2.75) is 59.0 Å². The standard InChI is InChI=1S/C18H24N2O/c1-11(16-9-8-15-6-5-7-17(15)10-16)19-12(2)18-13(3)20-21-14(18)4/h8-12,19H,5-7H2,1-4H3. The van der Waals surface area contributed by atoms with E-state index in [9.17, 15) is 0 Å². The molecule has 1 aromatic heterocycles. The number of fused-ring (bicyclic) bond motifs is 1. The summed E-state index contributed by atoms with van der Waals surface area (Å²) in [5.41, 5.74) is 6.60. The van der Waals surface area contributed by atoms with Crippen LogP contribution in [0.5, 0.6) is 0 Å². The summed E-state index contributed by atoms with van der Waals surface area (Å²) in [6.07, 6.45) is 3.78. The summed E-state index contributed by atoms with van der Waals surface area (Å²) in [5, 5.41) is 7.72. The summed E-state index contributed by atoms with van der Waals surface area (Å²) in [4.78, 5) is 0. The molecule has 3 rings (SSSR count). The van der Waals surface area contributed by atoms with E-state index in [0.29, 0.717) is 6.04 Å². The fourth-order valence-electron chi connectivity index (χ4n) is 3.52. The number of hydrogen-bond acceptors (Lipinski definition) is 3. The lowest BCUT2D eigenvalue weighted by molar-refractivity contribution is 0.389. The second-order valence-corrected chi connectivity index (χ2v) is 6.23. The van der Waals surface area contributed by atoms with Gasteiger partial charge in [-0.2, -0.15) is 0 Å². The van der Waals surface area contributed by atoms with Gasteiger partial charge in [-0.3, -0.25) is 0 Å². The van der Waals surface area contributed by atoms with Gasteiger partial charge >= 0.3 is 0 Å². The average molecular weight is 284 g/mol. The van der Waals surface area contributed by atoms with Gasteiger partial charge < -0.3 is 9.84 Å². The first-order valence-electron chi connectivity index (χ1n) is 7.86. The number of nitrogens with one attached hydrogen (secondary N) is 1. The van der Waals surface area contributed by atoms with Crippen molar-refractivity contribution in [3.63, 3.8) is 0 Å². The van der Waals surface area contributed by atoms with E-state index in [1.165, 1.54) is 41.5 Å². The van der Waals surface area contributed by atoms with Crippen LogP contribution in [0.15, 0.2) is 22.7 Å². The number of hydrogen-bond donors (Lipinski definition) is 1. The maximum Gasteiger partial charge on any atom is 0.138 e. The Bertz CT molecular complexity index is 625. The van der Waals surface area contributed by atoms with Gasteiger partial charge in [0.25, 0.3) is 0 Å². The molecule has 3 heteroatoms. The summed E-state index contributed by atoms with van der Waals surface area (Å²) in [7, 11) is 0. The van der Waals surface area contributed by atoms with E-state index >= 15 is 0 Å². The Labute approximate surface area is 126 Å². The molecule has 1 heterocycles. The van der Waals surface area contributed by atoms with Crippen LogP contribution >= 0.6 is 0 Å². The molecule has 1 aliphatic rings. The largest absolute Gasteiger partial charge is 0.361 e. The zero-order chi connectivity index (χ0) is 15.0. The first-order chi connectivity index (χ1) is 10.1. The molecule has 1 aromatic carbocycles. The normalized spacial score (nSPS) is 16.8. The van der Waals surface area contributed by atoms with E-state index in [-0.39, 0.29) is 6.04 Å². The summed E-state index contributed by atoms with van der Waals surface area (Å²) in [5.74, 6) is 0.911. The molecule has 1 aliphatic carbocycles. The minimum absolute atomic E-state index is 0.236. The molecule has 0 saturated carbocycles. The van der Waals surface area contributed by atoms with Crippen LogP contribution in [0.25, 0.3) is 0 Å². The number of aryl methyl sites for hydroxylation is 4. The highest BCUT2D eigenvalue weighted by Gasteiger charge is 2.19. The van der Waals surface area contributed by atoms with Crippen LogP contribution in [0.3, 0.4) is 0 Å². The monoisotopic (exact) mass is 284 g/mol. The molecule has 0 bridgehead atoms. The Hall–Kier alpha value is -1.61. The van der Waals surface area contributed by atoms with Crippen LogP contribution in [0.2, 0.25) is 0 Å². The third-order valence-electron chi connectivity index (χ3n) is 4.64. The highest BCUT2D eigenvalue weighted by Crippen LogP contribution is 2.28. The predicted octanol–water partition coefficient (Wildman–Crippen LogP) is 4.19. The molecule has 0 amide bonds. The number of benzene rings is 1. The maximum atomic E-state index is 5.27. The third-order valence-corrected chi connectivity index (χ3v) is 4.64. The second kappa shape index (κ2) is 5.64. The average Bonchev–Trinajstić information content (AvgIpc) is 3.04. The van der Waals surface area contributed by atoms with Gasteiger partial charge in [0, 0.05) is 17.6 Å². The van der Waals surface area contributed by atoms with Crippen molar-refractivity contribution in [2.75, 3.05) is 0 Å². The van der Waals surface area contributed by atoms with Gasteiger partial charge in [0.05, 0.1) is 5.69 Å².